The van der Waals surface area contributed by atoms with Gasteiger partial charge in [0.1, 0.15) is 11.4 Å². The third-order valence-electron chi connectivity index (χ3n) is 2.39. The smallest absolute Gasteiger partial charge is 0.168 e. The lowest BCUT2D eigenvalue weighted by molar-refractivity contribution is 0.241. The fraction of sp³-hybridized carbons (Fsp3) is 0.462. The summed E-state index contributed by atoms with van der Waals surface area (Å²) in [6.45, 7) is 6.98. The van der Waals surface area contributed by atoms with Gasteiger partial charge in [0.25, 0.3) is 0 Å². The van der Waals surface area contributed by atoms with Crippen molar-refractivity contribution < 1.29 is 4.74 Å². The second-order valence-corrected chi connectivity index (χ2v) is 4.99. The van der Waals surface area contributed by atoms with Crippen molar-refractivity contribution in [3.8, 4) is 17.0 Å². The molecule has 6 heteroatoms. The fourth-order valence-corrected chi connectivity index (χ4v) is 2.17. The van der Waals surface area contributed by atoms with Gasteiger partial charge in [0.05, 0.1) is 24.0 Å². The van der Waals surface area contributed by atoms with Crippen LogP contribution in [-0.2, 0) is 0 Å². The van der Waals surface area contributed by atoms with Crippen LogP contribution in [0.2, 0.25) is 0 Å². The second kappa shape index (κ2) is 6.47. The second-order valence-electron chi connectivity index (χ2n) is 4.46. The number of hydrogen-bond donors (Lipinski definition) is 1. The summed E-state index contributed by atoms with van der Waals surface area (Å²) in [5, 5.41) is 3.27. The van der Waals surface area contributed by atoms with E-state index in [4.69, 9.17) is 4.74 Å². The van der Waals surface area contributed by atoms with Crippen LogP contribution in [0.15, 0.2) is 18.5 Å². The zero-order valence-electron chi connectivity index (χ0n) is 11.4. The lowest BCUT2D eigenvalue weighted by atomic mass is 10.2. The van der Waals surface area contributed by atoms with Crippen molar-refractivity contribution >= 4 is 17.5 Å². The van der Waals surface area contributed by atoms with Crippen molar-refractivity contribution in [2.45, 2.75) is 33.3 Å². The Morgan fingerprint density at radius 2 is 2.16 bits per heavy atom. The van der Waals surface area contributed by atoms with E-state index < -0.39 is 0 Å². The average molecular weight is 278 g/mol. The molecule has 0 aliphatic rings. The Bertz CT molecular complexity index is 527. The molecule has 0 radical (unpaired) electrons. The molecule has 0 unspecified atom stereocenters. The van der Waals surface area contributed by atoms with E-state index in [1.807, 2.05) is 19.9 Å². The maximum atomic E-state index is 5.65. The number of pyridine rings is 1. The minimum atomic E-state index is 0.128. The number of rotatable bonds is 6. The first kappa shape index (κ1) is 13.7. The van der Waals surface area contributed by atoms with E-state index in [1.54, 1.807) is 12.4 Å². The van der Waals surface area contributed by atoms with Gasteiger partial charge in [-0.15, -0.1) is 0 Å². The third-order valence-corrected chi connectivity index (χ3v) is 2.92. The lowest BCUT2D eigenvalue weighted by Crippen LogP contribution is -2.06. The van der Waals surface area contributed by atoms with Crippen LogP contribution in [0.1, 0.15) is 27.2 Å². The topological polar surface area (TPSA) is 59.9 Å². The molecule has 0 saturated carbocycles. The van der Waals surface area contributed by atoms with Gasteiger partial charge in [-0.1, -0.05) is 6.92 Å². The summed E-state index contributed by atoms with van der Waals surface area (Å²) < 4.78 is 14.2. The number of nitrogens with zero attached hydrogens (tertiary/aromatic N) is 3. The predicted octanol–water partition coefficient (Wildman–Crippen LogP) is 3.21. The zero-order valence-corrected chi connectivity index (χ0v) is 12.2. The van der Waals surface area contributed by atoms with E-state index in [9.17, 15) is 0 Å². The number of aromatic nitrogens is 3. The molecule has 2 aromatic rings. The van der Waals surface area contributed by atoms with Gasteiger partial charge in [0.15, 0.2) is 5.82 Å². The fourth-order valence-electron chi connectivity index (χ4n) is 1.62. The van der Waals surface area contributed by atoms with Gasteiger partial charge in [-0.3, -0.25) is 4.98 Å². The molecule has 19 heavy (non-hydrogen) atoms. The van der Waals surface area contributed by atoms with Crippen molar-refractivity contribution in [2.24, 2.45) is 0 Å². The van der Waals surface area contributed by atoms with E-state index in [-0.39, 0.29) is 6.10 Å². The Morgan fingerprint density at radius 3 is 2.89 bits per heavy atom. The van der Waals surface area contributed by atoms with E-state index in [0.717, 1.165) is 35.8 Å². The molecular formula is C13H18N4OS. The van der Waals surface area contributed by atoms with E-state index >= 15 is 0 Å². The van der Waals surface area contributed by atoms with Crippen LogP contribution < -0.4 is 10.1 Å². The standard InChI is InChI=1S/C13H18N4OS/c1-4-5-15-13-12(16-19-17-13)10-6-11(8-14-7-10)18-9(2)3/h6-9H,4-5H2,1-3H3,(H,15,17). The lowest BCUT2D eigenvalue weighted by Gasteiger charge is -2.10. The number of hydrogen-bond acceptors (Lipinski definition) is 6. The van der Waals surface area contributed by atoms with Crippen molar-refractivity contribution in [1.82, 2.24) is 13.7 Å². The van der Waals surface area contributed by atoms with Gasteiger partial charge in [-0.2, -0.15) is 8.75 Å². The minimum Gasteiger partial charge on any atom is -0.489 e. The van der Waals surface area contributed by atoms with Gasteiger partial charge < -0.3 is 10.1 Å². The summed E-state index contributed by atoms with van der Waals surface area (Å²) in [5.74, 6) is 1.57. The Labute approximate surface area is 117 Å². The maximum absolute atomic E-state index is 5.65. The Balaban J connectivity index is 2.23. The normalized spacial score (nSPS) is 10.7. The third kappa shape index (κ3) is 3.64. The molecular weight excluding hydrogens is 260 g/mol. The van der Waals surface area contributed by atoms with Crippen molar-refractivity contribution in [1.29, 1.82) is 0 Å². The van der Waals surface area contributed by atoms with Crippen LogP contribution in [0.25, 0.3) is 11.3 Å². The molecule has 0 atom stereocenters. The van der Waals surface area contributed by atoms with E-state index in [0.29, 0.717) is 0 Å². The molecule has 0 aromatic carbocycles. The highest BCUT2D eigenvalue weighted by atomic mass is 32.1. The van der Waals surface area contributed by atoms with Crippen molar-refractivity contribution in [3.05, 3.63) is 18.5 Å². The maximum Gasteiger partial charge on any atom is 0.168 e. The summed E-state index contributed by atoms with van der Waals surface area (Å²) in [4.78, 5) is 4.20. The van der Waals surface area contributed by atoms with Crippen LogP contribution in [0.5, 0.6) is 5.75 Å². The van der Waals surface area contributed by atoms with Crippen LogP contribution in [0, 0.1) is 0 Å². The van der Waals surface area contributed by atoms with Crippen LogP contribution >= 0.6 is 11.7 Å². The molecule has 0 bridgehead atoms. The summed E-state index contributed by atoms with van der Waals surface area (Å²) in [6.07, 6.45) is 4.66. The van der Waals surface area contributed by atoms with Gasteiger partial charge >= 0.3 is 0 Å². The van der Waals surface area contributed by atoms with E-state index in [2.05, 4.69) is 26.0 Å². The molecule has 2 heterocycles. The Morgan fingerprint density at radius 1 is 1.32 bits per heavy atom. The molecule has 5 nitrogen and oxygen atoms in total. The summed E-state index contributed by atoms with van der Waals surface area (Å²) in [7, 11) is 0. The highest BCUT2D eigenvalue weighted by molar-refractivity contribution is 6.99. The monoisotopic (exact) mass is 278 g/mol. The number of nitrogens with one attached hydrogen (secondary N) is 1. The number of anilines is 1. The van der Waals surface area contributed by atoms with Crippen molar-refractivity contribution in [2.75, 3.05) is 11.9 Å². The molecule has 0 amide bonds. The molecule has 0 saturated heterocycles. The molecule has 2 aromatic heterocycles. The summed E-state index contributed by atoms with van der Waals surface area (Å²) >= 11 is 1.20. The minimum absolute atomic E-state index is 0.128. The average Bonchev–Trinajstić information content (AvgIpc) is 2.84. The summed E-state index contributed by atoms with van der Waals surface area (Å²) in [6, 6.07) is 1.95. The molecule has 2 rings (SSSR count). The highest BCUT2D eigenvalue weighted by Crippen LogP contribution is 2.27. The van der Waals surface area contributed by atoms with Gasteiger partial charge in [-0.25, -0.2) is 0 Å². The quantitative estimate of drug-likeness (QED) is 0.879. The molecule has 1 N–H and O–H groups in total. The Hall–Kier alpha value is -1.69. The van der Waals surface area contributed by atoms with Crippen LogP contribution in [-0.4, -0.2) is 26.4 Å². The highest BCUT2D eigenvalue weighted by Gasteiger charge is 2.11. The van der Waals surface area contributed by atoms with Crippen LogP contribution in [0.3, 0.4) is 0 Å². The van der Waals surface area contributed by atoms with E-state index in [1.165, 1.54) is 11.7 Å². The van der Waals surface area contributed by atoms with Gasteiger partial charge in [0, 0.05) is 18.3 Å². The van der Waals surface area contributed by atoms with Crippen molar-refractivity contribution in [3.63, 3.8) is 0 Å². The molecule has 0 aliphatic heterocycles. The van der Waals surface area contributed by atoms with Gasteiger partial charge in [0.2, 0.25) is 0 Å². The van der Waals surface area contributed by atoms with Gasteiger partial charge in [-0.05, 0) is 26.3 Å². The molecule has 0 spiro atoms. The first-order chi connectivity index (χ1) is 9.20. The summed E-state index contributed by atoms with van der Waals surface area (Å²) in [5.41, 5.74) is 1.76. The zero-order chi connectivity index (χ0) is 13.7. The molecule has 0 fully saturated rings. The predicted molar refractivity (Wildman–Crippen MR) is 77.7 cm³/mol. The first-order valence-corrected chi connectivity index (χ1v) is 7.12. The Kier molecular flexibility index (Phi) is 4.68. The number of ether oxygens (including phenoxy) is 1. The molecule has 0 aliphatic carbocycles. The molecule has 102 valence electrons. The van der Waals surface area contributed by atoms with Crippen LogP contribution in [0.4, 0.5) is 5.82 Å². The first-order valence-electron chi connectivity index (χ1n) is 6.39. The largest absolute Gasteiger partial charge is 0.489 e. The SMILES string of the molecule is CCCNc1nsnc1-c1cncc(OC(C)C)c1.